The molecule has 0 bridgehead atoms. The highest BCUT2D eigenvalue weighted by Crippen LogP contribution is 2.07. The van der Waals surface area contributed by atoms with Gasteiger partial charge < -0.3 is 0 Å². The second-order valence-corrected chi connectivity index (χ2v) is 2.13. The van der Waals surface area contributed by atoms with Crippen LogP contribution in [-0.4, -0.2) is 16.2 Å². The molecule has 0 unspecified atom stereocenters. The Morgan fingerprint density at radius 1 is 1.33 bits per heavy atom. The Kier molecular flexibility index (Phi) is 3.14. The van der Waals surface area contributed by atoms with Crippen LogP contribution in [0.4, 0.5) is 0 Å². The summed E-state index contributed by atoms with van der Waals surface area (Å²) in [6, 6.07) is 1.78. The van der Waals surface area contributed by atoms with E-state index in [1.165, 1.54) is 0 Å². The first-order chi connectivity index (χ1) is 5.88. The van der Waals surface area contributed by atoms with Crippen molar-refractivity contribution in [2.24, 2.45) is 4.99 Å². The third kappa shape index (κ3) is 1.99. The molecule has 0 aliphatic heterocycles. The standard InChI is InChI=1S/C9H11N3/c1-3-8(10-4-2)9-11-6-5-7-12-9/h3-7H,1-2H3. The van der Waals surface area contributed by atoms with Crippen molar-refractivity contribution in [1.29, 1.82) is 0 Å². The predicted octanol–water partition coefficient (Wildman–Crippen LogP) is 1.93. The predicted molar refractivity (Wildman–Crippen MR) is 49.8 cm³/mol. The van der Waals surface area contributed by atoms with Gasteiger partial charge in [0.15, 0.2) is 5.82 Å². The molecule has 0 saturated carbocycles. The van der Waals surface area contributed by atoms with Crippen LogP contribution >= 0.6 is 0 Å². The van der Waals surface area contributed by atoms with E-state index < -0.39 is 0 Å². The van der Waals surface area contributed by atoms with Gasteiger partial charge in [-0.1, -0.05) is 6.08 Å². The summed E-state index contributed by atoms with van der Waals surface area (Å²) in [5.74, 6) is 0.665. The van der Waals surface area contributed by atoms with Gasteiger partial charge in [0.05, 0.1) is 0 Å². The normalized spacial score (nSPS) is 12.3. The molecule has 1 aromatic rings. The molecule has 0 saturated heterocycles. The fourth-order valence-corrected chi connectivity index (χ4v) is 0.832. The molecule has 62 valence electrons. The van der Waals surface area contributed by atoms with Gasteiger partial charge in [0.25, 0.3) is 0 Å². The minimum Gasteiger partial charge on any atom is -0.258 e. The molecule has 1 heterocycles. The molecule has 0 aliphatic rings. The highest BCUT2D eigenvalue weighted by Gasteiger charge is 1.97. The number of aromatic nitrogens is 2. The number of hydrogen-bond donors (Lipinski definition) is 0. The van der Waals surface area contributed by atoms with Crippen molar-refractivity contribution in [2.75, 3.05) is 0 Å². The Morgan fingerprint density at radius 2 is 2.00 bits per heavy atom. The molecule has 12 heavy (non-hydrogen) atoms. The molecular formula is C9H11N3. The molecule has 0 fully saturated rings. The molecule has 0 aliphatic carbocycles. The Balaban J connectivity index is 2.97. The molecule has 0 atom stereocenters. The summed E-state index contributed by atoms with van der Waals surface area (Å²) in [4.78, 5) is 12.3. The molecule has 0 N–H and O–H groups in total. The van der Waals surface area contributed by atoms with E-state index in [9.17, 15) is 0 Å². The fourth-order valence-electron chi connectivity index (χ4n) is 0.832. The third-order valence-electron chi connectivity index (χ3n) is 1.34. The van der Waals surface area contributed by atoms with E-state index in [2.05, 4.69) is 15.0 Å². The van der Waals surface area contributed by atoms with Gasteiger partial charge in [0.1, 0.15) is 5.70 Å². The molecule has 1 rings (SSSR count). The number of hydrogen-bond acceptors (Lipinski definition) is 3. The van der Waals surface area contributed by atoms with Crippen LogP contribution in [0.3, 0.4) is 0 Å². The SMILES string of the molecule is CC=NC(=CC)c1ncccn1. The summed E-state index contributed by atoms with van der Waals surface area (Å²) >= 11 is 0. The van der Waals surface area contributed by atoms with E-state index in [-0.39, 0.29) is 0 Å². The summed E-state index contributed by atoms with van der Waals surface area (Å²) in [6.07, 6.45) is 7.02. The van der Waals surface area contributed by atoms with Gasteiger partial charge in [-0.3, -0.25) is 4.99 Å². The van der Waals surface area contributed by atoms with Crippen LogP contribution in [0.15, 0.2) is 29.5 Å². The van der Waals surface area contributed by atoms with Crippen molar-refractivity contribution < 1.29 is 0 Å². The van der Waals surface area contributed by atoms with Crippen molar-refractivity contribution in [2.45, 2.75) is 13.8 Å². The van der Waals surface area contributed by atoms with Crippen LogP contribution in [0.2, 0.25) is 0 Å². The lowest BCUT2D eigenvalue weighted by atomic mass is 10.4. The Labute approximate surface area is 71.9 Å². The lowest BCUT2D eigenvalue weighted by Crippen LogP contribution is -1.89. The van der Waals surface area contributed by atoms with E-state index in [0.29, 0.717) is 5.82 Å². The van der Waals surface area contributed by atoms with E-state index in [0.717, 1.165) is 5.70 Å². The van der Waals surface area contributed by atoms with Crippen molar-refractivity contribution in [3.05, 3.63) is 30.4 Å². The van der Waals surface area contributed by atoms with Gasteiger partial charge in [0, 0.05) is 18.6 Å². The van der Waals surface area contributed by atoms with Crippen LogP contribution in [0, 0.1) is 0 Å². The van der Waals surface area contributed by atoms with E-state index in [1.54, 1.807) is 24.7 Å². The van der Waals surface area contributed by atoms with Gasteiger partial charge >= 0.3 is 0 Å². The van der Waals surface area contributed by atoms with Gasteiger partial charge in [-0.2, -0.15) is 0 Å². The number of allylic oxidation sites excluding steroid dienone is 1. The number of nitrogens with zero attached hydrogens (tertiary/aromatic N) is 3. The van der Waals surface area contributed by atoms with Crippen molar-refractivity contribution >= 4 is 11.9 Å². The van der Waals surface area contributed by atoms with Gasteiger partial charge in [0.2, 0.25) is 0 Å². The highest BCUT2D eigenvalue weighted by molar-refractivity contribution is 5.69. The fraction of sp³-hybridized carbons (Fsp3) is 0.222. The summed E-state index contributed by atoms with van der Waals surface area (Å²) in [5, 5.41) is 0. The topological polar surface area (TPSA) is 38.1 Å². The van der Waals surface area contributed by atoms with Crippen LogP contribution < -0.4 is 0 Å². The molecule has 0 aromatic carbocycles. The summed E-state index contributed by atoms with van der Waals surface area (Å²) in [5.41, 5.74) is 0.804. The molecule has 1 aromatic heterocycles. The molecular weight excluding hydrogens is 150 g/mol. The van der Waals surface area contributed by atoms with Crippen molar-refractivity contribution in [1.82, 2.24) is 9.97 Å². The van der Waals surface area contributed by atoms with Gasteiger partial charge in [-0.15, -0.1) is 0 Å². The van der Waals surface area contributed by atoms with Crippen LogP contribution in [0.25, 0.3) is 5.70 Å². The minimum atomic E-state index is 0.665. The monoisotopic (exact) mass is 161 g/mol. The first-order valence-corrected chi connectivity index (χ1v) is 3.81. The number of rotatable bonds is 2. The summed E-state index contributed by atoms with van der Waals surface area (Å²) in [7, 11) is 0. The second-order valence-electron chi connectivity index (χ2n) is 2.13. The third-order valence-corrected chi connectivity index (χ3v) is 1.34. The van der Waals surface area contributed by atoms with E-state index >= 15 is 0 Å². The maximum atomic E-state index is 4.12. The van der Waals surface area contributed by atoms with Crippen LogP contribution in [-0.2, 0) is 0 Å². The molecule has 0 spiro atoms. The summed E-state index contributed by atoms with van der Waals surface area (Å²) in [6.45, 7) is 3.78. The lowest BCUT2D eigenvalue weighted by Gasteiger charge is -1.96. The first kappa shape index (κ1) is 8.59. The lowest BCUT2D eigenvalue weighted by molar-refractivity contribution is 1.10. The molecule has 3 heteroatoms. The van der Waals surface area contributed by atoms with Crippen molar-refractivity contribution in [3.8, 4) is 0 Å². The average Bonchev–Trinajstić information content (AvgIpc) is 2.15. The quantitative estimate of drug-likeness (QED) is 0.621. The summed E-state index contributed by atoms with van der Waals surface area (Å²) < 4.78 is 0. The highest BCUT2D eigenvalue weighted by atomic mass is 14.9. The Morgan fingerprint density at radius 3 is 2.50 bits per heavy atom. The average molecular weight is 161 g/mol. The van der Waals surface area contributed by atoms with Gasteiger partial charge in [-0.05, 0) is 19.9 Å². The Bertz CT molecular complexity index is 288. The zero-order valence-corrected chi connectivity index (χ0v) is 7.23. The second kappa shape index (κ2) is 4.38. The maximum Gasteiger partial charge on any atom is 0.177 e. The Hall–Kier alpha value is -1.51. The van der Waals surface area contributed by atoms with Crippen molar-refractivity contribution in [3.63, 3.8) is 0 Å². The largest absolute Gasteiger partial charge is 0.258 e. The van der Waals surface area contributed by atoms with Crippen LogP contribution in [0.1, 0.15) is 19.7 Å². The van der Waals surface area contributed by atoms with E-state index in [4.69, 9.17) is 0 Å². The minimum absolute atomic E-state index is 0.665. The smallest absolute Gasteiger partial charge is 0.177 e. The molecule has 0 amide bonds. The molecule has 0 radical (unpaired) electrons. The first-order valence-electron chi connectivity index (χ1n) is 3.81. The zero-order valence-electron chi connectivity index (χ0n) is 7.23. The number of aliphatic imine (C=N–C) groups is 1. The van der Waals surface area contributed by atoms with Gasteiger partial charge in [-0.25, -0.2) is 9.97 Å². The van der Waals surface area contributed by atoms with E-state index in [1.807, 2.05) is 19.9 Å². The molecule has 3 nitrogen and oxygen atoms in total. The van der Waals surface area contributed by atoms with Crippen LogP contribution in [0.5, 0.6) is 0 Å². The zero-order chi connectivity index (χ0) is 8.81. The maximum absolute atomic E-state index is 4.12.